The molecule has 2 rings (SSSR count). The molecular weight excluding hydrogens is 150 g/mol. The standard InChI is InChI=1S/C10H13NO/c12-10-6-2-5-9(7-10)11-8-3-1-4-8/h2,5-8,11-12H,1,3-4H2. The lowest BCUT2D eigenvalue weighted by atomic mass is 9.93. The molecule has 0 spiro atoms. The number of anilines is 1. The minimum atomic E-state index is 0.333. The monoisotopic (exact) mass is 163 g/mol. The third-order valence-corrected chi connectivity index (χ3v) is 2.32. The Hall–Kier alpha value is -1.18. The van der Waals surface area contributed by atoms with Gasteiger partial charge in [-0.2, -0.15) is 0 Å². The van der Waals surface area contributed by atoms with Crippen molar-refractivity contribution < 1.29 is 5.11 Å². The van der Waals surface area contributed by atoms with Gasteiger partial charge in [0.1, 0.15) is 5.75 Å². The minimum Gasteiger partial charge on any atom is -0.508 e. The zero-order valence-corrected chi connectivity index (χ0v) is 6.96. The van der Waals surface area contributed by atoms with Crippen LogP contribution in [-0.4, -0.2) is 11.1 Å². The van der Waals surface area contributed by atoms with Crippen LogP contribution in [0.15, 0.2) is 24.3 Å². The van der Waals surface area contributed by atoms with E-state index in [-0.39, 0.29) is 0 Å². The molecule has 64 valence electrons. The summed E-state index contributed by atoms with van der Waals surface area (Å²) in [5.74, 6) is 0.333. The second kappa shape index (κ2) is 3.05. The van der Waals surface area contributed by atoms with Crippen LogP contribution in [0.5, 0.6) is 5.75 Å². The number of aromatic hydroxyl groups is 1. The smallest absolute Gasteiger partial charge is 0.117 e. The molecule has 2 nitrogen and oxygen atoms in total. The Morgan fingerprint density at radius 2 is 2.17 bits per heavy atom. The van der Waals surface area contributed by atoms with Crippen molar-refractivity contribution in [3.05, 3.63) is 24.3 Å². The first-order valence-electron chi connectivity index (χ1n) is 4.40. The van der Waals surface area contributed by atoms with Gasteiger partial charge < -0.3 is 10.4 Å². The van der Waals surface area contributed by atoms with E-state index in [1.54, 1.807) is 12.1 Å². The third kappa shape index (κ3) is 1.52. The van der Waals surface area contributed by atoms with E-state index < -0.39 is 0 Å². The molecule has 0 atom stereocenters. The second-order valence-corrected chi connectivity index (χ2v) is 3.32. The van der Waals surface area contributed by atoms with Gasteiger partial charge in [-0.05, 0) is 31.4 Å². The summed E-state index contributed by atoms with van der Waals surface area (Å²) in [5, 5.41) is 12.5. The van der Waals surface area contributed by atoms with Gasteiger partial charge >= 0.3 is 0 Å². The third-order valence-electron chi connectivity index (χ3n) is 2.32. The van der Waals surface area contributed by atoms with Gasteiger partial charge in [-0.15, -0.1) is 0 Å². The average Bonchev–Trinajstić information content (AvgIpc) is 1.97. The number of rotatable bonds is 2. The van der Waals surface area contributed by atoms with E-state index in [4.69, 9.17) is 0 Å². The molecule has 2 heteroatoms. The number of nitrogens with one attached hydrogen (secondary N) is 1. The molecule has 0 aromatic heterocycles. The van der Waals surface area contributed by atoms with E-state index in [2.05, 4.69) is 5.32 Å². The Morgan fingerprint density at radius 1 is 1.33 bits per heavy atom. The highest BCUT2D eigenvalue weighted by molar-refractivity contribution is 5.48. The zero-order chi connectivity index (χ0) is 8.39. The highest BCUT2D eigenvalue weighted by Crippen LogP contribution is 2.24. The van der Waals surface area contributed by atoms with E-state index in [1.165, 1.54) is 19.3 Å². The first kappa shape index (κ1) is 7.47. The van der Waals surface area contributed by atoms with E-state index in [0.717, 1.165) is 5.69 Å². The quantitative estimate of drug-likeness (QED) is 0.701. The Kier molecular flexibility index (Phi) is 1.90. The van der Waals surface area contributed by atoms with E-state index in [9.17, 15) is 5.11 Å². The van der Waals surface area contributed by atoms with Gasteiger partial charge in [-0.1, -0.05) is 6.07 Å². The lowest BCUT2D eigenvalue weighted by molar-refractivity contribution is 0.444. The predicted molar refractivity (Wildman–Crippen MR) is 49.4 cm³/mol. The zero-order valence-electron chi connectivity index (χ0n) is 6.96. The average molecular weight is 163 g/mol. The van der Waals surface area contributed by atoms with Crippen molar-refractivity contribution in [1.82, 2.24) is 0 Å². The fourth-order valence-electron chi connectivity index (χ4n) is 1.38. The van der Waals surface area contributed by atoms with Crippen LogP contribution in [0.4, 0.5) is 5.69 Å². The Labute approximate surface area is 72.2 Å². The van der Waals surface area contributed by atoms with Crippen LogP contribution in [0, 0.1) is 0 Å². The van der Waals surface area contributed by atoms with Gasteiger partial charge in [0.25, 0.3) is 0 Å². The minimum absolute atomic E-state index is 0.333. The summed E-state index contributed by atoms with van der Waals surface area (Å²) in [6.45, 7) is 0. The lowest BCUT2D eigenvalue weighted by Crippen LogP contribution is -2.26. The molecule has 0 amide bonds. The maximum Gasteiger partial charge on any atom is 0.117 e. The molecule has 1 aromatic carbocycles. The summed E-state index contributed by atoms with van der Waals surface area (Å²) in [6.07, 6.45) is 3.85. The van der Waals surface area contributed by atoms with Crippen molar-refractivity contribution >= 4 is 5.69 Å². The number of phenols is 1. The molecule has 0 bridgehead atoms. The van der Waals surface area contributed by atoms with Crippen molar-refractivity contribution in [1.29, 1.82) is 0 Å². The van der Waals surface area contributed by atoms with Crippen LogP contribution in [0.2, 0.25) is 0 Å². The maximum absolute atomic E-state index is 9.18. The van der Waals surface area contributed by atoms with Crippen LogP contribution in [-0.2, 0) is 0 Å². The summed E-state index contributed by atoms with van der Waals surface area (Å²) in [5.41, 5.74) is 1.03. The van der Waals surface area contributed by atoms with Crippen LogP contribution >= 0.6 is 0 Å². The highest BCUT2D eigenvalue weighted by Gasteiger charge is 2.16. The van der Waals surface area contributed by atoms with Gasteiger partial charge in [0, 0.05) is 17.8 Å². The molecule has 0 saturated heterocycles. The molecule has 1 saturated carbocycles. The van der Waals surface area contributed by atoms with E-state index in [0.29, 0.717) is 11.8 Å². The molecule has 0 heterocycles. The molecular formula is C10H13NO. The molecule has 12 heavy (non-hydrogen) atoms. The van der Waals surface area contributed by atoms with Crippen LogP contribution in [0.3, 0.4) is 0 Å². The highest BCUT2D eigenvalue weighted by atomic mass is 16.3. The number of hydrogen-bond donors (Lipinski definition) is 2. The molecule has 1 aliphatic carbocycles. The van der Waals surface area contributed by atoms with Gasteiger partial charge in [-0.3, -0.25) is 0 Å². The SMILES string of the molecule is Oc1cccc(NC2CCC2)c1. The normalized spacial score (nSPS) is 17.0. The Balaban J connectivity index is 2.02. The van der Waals surface area contributed by atoms with Crippen LogP contribution in [0.1, 0.15) is 19.3 Å². The summed E-state index contributed by atoms with van der Waals surface area (Å²) < 4.78 is 0. The lowest BCUT2D eigenvalue weighted by Gasteiger charge is -2.27. The van der Waals surface area contributed by atoms with Crippen molar-refractivity contribution in [2.75, 3.05) is 5.32 Å². The summed E-state index contributed by atoms with van der Waals surface area (Å²) in [4.78, 5) is 0. The van der Waals surface area contributed by atoms with E-state index >= 15 is 0 Å². The molecule has 1 aromatic rings. The molecule has 0 unspecified atom stereocenters. The second-order valence-electron chi connectivity index (χ2n) is 3.32. The molecule has 0 aliphatic heterocycles. The largest absolute Gasteiger partial charge is 0.508 e. The number of phenolic OH excluding ortho intramolecular Hbond substituents is 1. The van der Waals surface area contributed by atoms with Gasteiger partial charge in [0.05, 0.1) is 0 Å². The van der Waals surface area contributed by atoms with Crippen LogP contribution in [0.25, 0.3) is 0 Å². The van der Waals surface area contributed by atoms with Gasteiger partial charge in [-0.25, -0.2) is 0 Å². The molecule has 1 aliphatic rings. The first-order valence-corrected chi connectivity index (χ1v) is 4.40. The van der Waals surface area contributed by atoms with Crippen molar-refractivity contribution in [2.24, 2.45) is 0 Å². The van der Waals surface area contributed by atoms with Gasteiger partial charge in [0.15, 0.2) is 0 Å². The summed E-state index contributed by atoms with van der Waals surface area (Å²) in [6, 6.07) is 7.92. The maximum atomic E-state index is 9.18. The first-order chi connectivity index (χ1) is 5.84. The van der Waals surface area contributed by atoms with Crippen molar-refractivity contribution in [2.45, 2.75) is 25.3 Å². The number of benzene rings is 1. The van der Waals surface area contributed by atoms with Crippen molar-refractivity contribution in [3.8, 4) is 5.75 Å². The topological polar surface area (TPSA) is 32.3 Å². The van der Waals surface area contributed by atoms with Crippen molar-refractivity contribution in [3.63, 3.8) is 0 Å². The predicted octanol–water partition coefficient (Wildman–Crippen LogP) is 2.36. The molecule has 0 radical (unpaired) electrons. The Bertz CT molecular complexity index is 268. The van der Waals surface area contributed by atoms with E-state index in [1.807, 2.05) is 12.1 Å². The molecule has 2 N–H and O–H groups in total. The van der Waals surface area contributed by atoms with Crippen LogP contribution < -0.4 is 5.32 Å². The molecule has 1 fully saturated rings. The fraction of sp³-hybridized carbons (Fsp3) is 0.400. The summed E-state index contributed by atoms with van der Waals surface area (Å²) in [7, 11) is 0. The summed E-state index contributed by atoms with van der Waals surface area (Å²) >= 11 is 0. The number of hydrogen-bond acceptors (Lipinski definition) is 2. The Morgan fingerprint density at radius 3 is 2.75 bits per heavy atom. The fourth-order valence-corrected chi connectivity index (χ4v) is 1.38. The van der Waals surface area contributed by atoms with Gasteiger partial charge in [0.2, 0.25) is 0 Å².